The number of hydrogen-bond donors (Lipinski definition) is 0. The van der Waals surface area contributed by atoms with Crippen LogP contribution in [-0.4, -0.2) is 58.9 Å². The maximum absolute atomic E-state index is 6.23. The van der Waals surface area contributed by atoms with E-state index < -0.39 is 0 Å². The van der Waals surface area contributed by atoms with Crippen molar-refractivity contribution < 1.29 is 4.74 Å². The molecule has 160 valence electrons. The second-order valence-electron chi connectivity index (χ2n) is 8.41. The summed E-state index contributed by atoms with van der Waals surface area (Å²) >= 11 is 3.63. The molecule has 4 rings (SSSR count). The van der Waals surface area contributed by atoms with Crippen molar-refractivity contribution in [3.8, 4) is 0 Å². The first-order chi connectivity index (χ1) is 14.1. The molecule has 0 bridgehead atoms. The van der Waals surface area contributed by atoms with Crippen molar-refractivity contribution in [2.24, 2.45) is 0 Å². The van der Waals surface area contributed by atoms with Gasteiger partial charge in [0.15, 0.2) is 5.16 Å². The van der Waals surface area contributed by atoms with Gasteiger partial charge in [0.25, 0.3) is 0 Å². The standard InChI is InChI=1S/C22H34N4OS2/c1-5-8-13-28-21-23-19(26-11-9-25(7-3)10-12-26)18-16-14-22(4,6-2)27-15-17(16)29-20(18)24-21/h5-15H2,1-4H3/t22-/m1/s1. The van der Waals surface area contributed by atoms with Crippen LogP contribution in [0, 0.1) is 0 Å². The Morgan fingerprint density at radius 1 is 1.14 bits per heavy atom. The van der Waals surface area contributed by atoms with E-state index in [9.17, 15) is 0 Å². The van der Waals surface area contributed by atoms with E-state index in [2.05, 4.69) is 37.5 Å². The van der Waals surface area contributed by atoms with E-state index in [1.54, 1.807) is 0 Å². The highest BCUT2D eigenvalue weighted by Gasteiger charge is 2.34. The molecule has 1 atom stereocenters. The molecule has 2 aromatic heterocycles. The third-order valence-electron chi connectivity index (χ3n) is 6.39. The maximum Gasteiger partial charge on any atom is 0.190 e. The summed E-state index contributed by atoms with van der Waals surface area (Å²) in [5, 5.41) is 2.24. The van der Waals surface area contributed by atoms with E-state index in [1.165, 1.54) is 34.5 Å². The van der Waals surface area contributed by atoms with Crippen molar-refractivity contribution in [2.45, 2.75) is 70.7 Å². The first kappa shape index (κ1) is 21.3. The zero-order chi connectivity index (χ0) is 20.4. The topological polar surface area (TPSA) is 41.5 Å². The number of aromatic nitrogens is 2. The lowest BCUT2D eigenvalue weighted by Gasteiger charge is -2.36. The van der Waals surface area contributed by atoms with Gasteiger partial charge in [0.1, 0.15) is 10.6 Å². The van der Waals surface area contributed by atoms with Crippen LogP contribution in [0.15, 0.2) is 5.16 Å². The van der Waals surface area contributed by atoms with Crippen LogP contribution in [0.25, 0.3) is 10.2 Å². The van der Waals surface area contributed by atoms with Crippen LogP contribution >= 0.6 is 23.1 Å². The van der Waals surface area contributed by atoms with Gasteiger partial charge >= 0.3 is 0 Å². The van der Waals surface area contributed by atoms with Crippen molar-refractivity contribution >= 4 is 39.1 Å². The molecule has 0 radical (unpaired) electrons. The number of anilines is 1. The second kappa shape index (κ2) is 9.08. The van der Waals surface area contributed by atoms with Crippen LogP contribution in [0.5, 0.6) is 0 Å². The number of rotatable bonds is 7. The summed E-state index contributed by atoms with van der Waals surface area (Å²) in [5.74, 6) is 2.26. The average Bonchev–Trinajstić information content (AvgIpc) is 3.11. The SMILES string of the molecule is CCCCSc1nc(N2CCN(CC)CC2)c2c3c(sc2n1)CO[C@](C)(CC)C3. The molecular formula is C22H34N4OS2. The Balaban J connectivity index is 1.74. The molecule has 29 heavy (non-hydrogen) atoms. The van der Waals surface area contributed by atoms with E-state index >= 15 is 0 Å². The Morgan fingerprint density at radius 2 is 1.93 bits per heavy atom. The molecule has 5 nitrogen and oxygen atoms in total. The summed E-state index contributed by atoms with van der Waals surface area (Å²) in [7, 11) is 0. The van der Waals surface area contributed by atoms with Crippen molar-refractivity contribution in [1.29, 1.82) is 0 Å². The Hall–Kier alpha value is -0.890. The van der Waals surface area contributed by atoms with Gasteiger partial charge in [-0.15, -0.1) is 11.3 Å². The first-order valence-corrected chi connectivity index (χ1v) is 12.9. The fourth-order valence-electron chi connectivity index (χ4n) is 4.14. The lowest BCUT2D eigenvalue weighted by atomic mass is 9.90. The van der Waals surface area contributed by atoms with Gasteiger partial charge in [-0.3, -0.25) is 0 Å². The van der Waals surface area contributed by atoms with Crippen LogP contribution in [-0.2, 0) is 17.8 Å². The first-order valence-electron chi connectivity index (χ1n) is 11.1. The summed E-state index contributed by atoms with van der Waals surface area (Å²) in [5.41, 5.74) is 1.37. The third kappa shape index (κ3) is 4.43. The monoisotopic (exact) mass is 434 g/mol. The molecule has 0 aliphatic carbocycles. The molecule has 0 saturated carbocycles. The second-order valence-corrected chi connectivity index (χ2v) is 10.6. The molecule has 0 N–H and O–H groups in total. The third-order valence-corrected chi connectivity index (χ3v) is 8.43. The van der Waals surface area contributed by atoms with Gasteiger partial charge in [0.05, 0.1) is 17.6 Å². The van der Waals surface area contributed by atoms with E-state index in [-0.39, 0.29) is 5.60 Å². The molecule has 7 heteroatoms. The number of nitrogens with zero attached hydrogens (tertiary/aromatic N) is 4. The van der Waals surface area contributed by atoms with Crippen molar-refractivity contribution in [2.75, 3.05) is 43.4 Å². The van der Waals surface area contributed by atoms with Gasteiger partial charge in [0, 0.05) is 43.2 Å². The quantitative estimate of drug-likeness (QED) is 0.348. The molecule has 0 amide bonds. The maximum atomic E-state index is 6.23. The molecule has 0 unspecified atom stereocenters. The van der Waals surface area contributed by atoms with Gasteiger partial charge in [-0.25, -0.2) is 9.97 Å². The summed E-state index contributed by atoms with van der Waals surface area (Å²) in [6, 6.07) is 0. The van der Waals surface area contributed by atoms with E-state index in [0.29, 0.717) is 6.61 Å². The molecule has 2 aromatic rings. The molecular weight excluding hydrogens is 400 g/mol. The predicted molar refractivity (Wildman–Crippen MR) is 125 cm³/mol. The van der Waals surface area contributed by atoms with Crippen molar-refractivity contribution in [3.05, 3.63) is 10.4 Å². The van der Waals surface area contributed by atoms with Gasteiger partial charge in [-0.1, -0.05) is 39.0 Å². The lowest BCUT2D eigenvalue weighted by molar-refractivity contribution is -0.0543. The summed E-state index contributed by atoms with van der Waals surface area (Å²) in [6.45, 7) is 15.1. The zero-order valence-electron chi connectivity index (χ0n) is 18.3. The summed E-state index contributed by atoms with van der Waals surface area (Å²) < 4.78 is 6.23. The number of piperazine rings is 1. The molecule has 1 saturated heterocycles. The minimum Gasteiger partial charge on any atom is -0.369 e. The van der Waals surface area contributed by atoms with E-state index in [4.69, 9.17) is 14.7 Å². The normalized spacial score (nSPS) is 23.0. The molecule has 0 aromatic carbocycles. The number of hydrogen-bond acceptors (Lipinski definition) is 7. The zero-order valence-corrected chi connectivity index (χ0v) is 19.9. The number of fused-ring (bicyclic) bond motifs is 3. The summed E-state index contributed by atoms with van der Waals surface area (Å²) in [6.07, 6.45) is 4.41. The van der Waals surface area contributed by atoms with Gasteiger partial charge in [-0.2, -0.15) is 0 Å². The molecule has 4 heterocycles. The lowest BCUT2D eigenvalue weighted by Crippen LogP contribution is -2.46. The van der Waals surface area contributed by atoms with Crippen LogP contribution in [0.1, 0.15) is 57.4 Å². The van der Waals surface area contributed by atoms with Gasteiger partial charge in [0.2, 0.25) is 0 Å². The van der Waals surface area contributed by atoms with Crippen LogP contribution in [0.4, 0.5) is 5.82 Å². The highest BCUT2D eigenvalue weighted by molar-refractivity contribution is 7.99. The largest absolute Gasteiger partial charge is 0.369 e. The molecule has 2 aliphatic rings. The van der Waals surface area contributed by atoms with Crippen molar-refractivity contribution in [3.63, 3.8) is 0 Å². The Morgan fingerprint density at radius 3 is 2.62 bits per heavy atom. The smallest absolute Gasteiger partial charge is 0.190 e. The number of thiophene rings is 1. The number of unbranched alkanes of at least 4 members (excludes halogenated alkanes) is 1. The van der Waals surface area contributed by atoms with Crippen LogP contribution in [0.2, 0.25) is 0 Å². The Kier molecular flexibility index (Phi) is 6.69. The average molecular weight is 435 g/mol. The molecule has 1 fully saturated rings. The highest BCUT2D eigenvalue weighted by atomic mass is 32.2. The van der Waals surface area contributed by atoms with Crippen molar-refractivity contribution in [1.82, 2.24) is 14.9 Å². The Labute approximate surface area is 183 Å². The fraction of sp³-hybridized carbons (Fsp3) is 0.727. The predicted octanol–water partition coefficient (Wildman–Crippen LogP) is 4.97. The van der Waals surface area contributed by atoms with E-state index in [0.717, 1.165) is 61.3 Å². The number of ether oxygens (including phenoxy) is 1. The van der Waals surface area contributed by atoms with Gasteiger partial charge in [-0.05, 0) is 31.9 Å². The fourth-order valence-corrected chi connectivity index (χ4v) is 6.22. The minimum absolute atomic E-state index is 0.0757. The number of thioether (sulfide) groups is 1. The molecule has 0 spiro atoms. The van der Waals surface area contributed by atoms with Crippen LogP contribution < -0.4 is 4.90 Å². The van der Waals surface area contributed by atoms with E-state index in [1.807, 2.05) is 23.1 Å². The Bertz CT molecular complexity index is 847. The summed E-state index contributed by atoms with van der Waals surface area (Å²) in [4.78, 5) is 17.7. The van der Waals surface area contributed by atoms with Gasteiger partial charge < -0.3 is 14.5 Å². The highest BCUT2D eigenvalue weighted by Crippen LogP contribution is 2.43. The van der Waals surface area contributed by atoms with Crippen LogP contribution in [0.3, 0.4) is 0 Å². The number of likely N-dealkylation sites (N-methyl/N-ethyl adjacent to an activating group) is 1. The molecule has 2 aliphatic heterocycles. The minimum atomic E-state index is -0.0757.